The van der Waals surface area contributed by atoms with Crippen molar-refractivity contribution < 1.29 is 20.3 Å². The molecule has 58 valence electrons. The molecule has 0 spiro atoms. The highest BCUT2D eigenvalue weighted by molar-refractivity contribution is 5.71. The van der Waals surface area contributed by atoms with Crippen molar-refractivity contribution in [1.82, 2.24) is 0 Å². The van der Waals surface area contributed by atoms with Crippen molar-refractivity contribution in [1.29, 1.82) is 0 Å². The van der Waals surface area contributed by atoms with Crippen LogP contribution in [0.4, 0.5) is 0 Å². The van der Waals surface area contributed by atoms with Gasteiger partial charge in [0.15, 0.2) is 6.04 Å². The Bertz CT molecular complexity index is 137. The quantitative estimate of drug-likeness (QED) is 0.407. The lowest BCUT2D eigenvalue weighted by Crippen LogP contribution is -2.94. The highest BCUT2D eigenvalue weighted by atomic mass is 16.4. The molecule has 4 N–H and O–H groups in total. The maximum absolute atomic E-state index is 10.4. The first-order valence-corrected chi connectivity index (χ1v) is 3.44. The molecule has 0 radical (unpaired) electrons. The highest BCUT2D eigenvalue weighted by Gasteiger charge is 2.28. The van der Waals surface area contributed by atoms with E-state index in [4.69, 9.17) is 10.2 Å². The van der Waals surface area contributed by atoms with Crippen LogP contribution in [0.5, 0.6) is 0 Å². The molecule has 2 atom stereocenters. The third kappa shape index (κ3) is 1.68. The second-order valence-electron chi connectivity index (χ2n) is 2.65. The van der Waals surface area contributed by atoms with Crippen molar-refractivity contribution in [3.63, 3.8) is 0 Å². The number of rotatable bonds is 1. The molecule has 4 heteroatoms. The number of aliphatic hydroxyl groups excluding tert-OH is 1. The first-order chi connectivity index (χ1) is 4.70. The van der Waals surface area contributed by atoms with E-state index in [0.717, 1.165) is 6.54 Å². The first kappa shape index (κ1) is 7.50. The van der Waals surface area contributed by atoms with Gasteiger partial charge in [0.1, 0.15) is 0 Å². The van der Waals surface area contributed by atoms with Crippen LogP contribution in [0.3, 0.4) is 0 Å². The number of aliphatic hydroxyl groups is 1. The van der Waals surface area contributed by atoms with Gasteiger partial charge in [0.2, 0.25) is 0 Å². The van der Waals surface area contributed by atoms with Crippen molar-refractivity contribution in [2.24, 2.45) is 0 Å². The van der Waals surface area contributed by atoms with Crippen LogP contribution in [-0.2, 0) is 4.79 Å². The SMILES string of the molecule is O=C(O)[C@@H]1C[C@@H](O)CC[NH2+]1. The molecule has 0 aromatic rings. The molecule has 0 unspecified atom stereocenters. The zero-order chi connectivity index (χ0) is 7.56. The van der Waals surface area contributed by atoms with E-state index in [2.05, 4.69) is 0 Å². The van der Waals surface area contributed by atoms with Gasteiger partial charge < -0.3 is 15.5 Å². The summed E-state index contributed by atoms with van der Waals surface area (Å²) in [6.07, 6.45) is 0.685. The third-order valence-electron chi connectivity index (χ3n) is 1.79. The van der Waals surface area contributed by atoms with Crippen molar-refractivity contribution in [3.8, 4) is 0 Å². The maximum Gasteiger partial charge on any atom is 0.362 e. The van der Waals surface area contributed by atoms with Gasteiger partial charge in [0.05, 0.1) is 12.6 Å². The molecule has 1 fully saturated rings. The largest absolute Gasteiger partial charge is 0.477 e. The van der Waals surface area contributed by atoms with Crippen LogP contribution in [0.15, 0.2) is 0 Å². The summed E-state index contributed by atoms with van der Waals surface area (Å²) in [4.78, 5) is 10.4. The predicted molar refractivity (Wildman–Crippen MR) is 33.5 cm³/mol. The smallest absolute Gasteiger partial charge is 0.362 e. The van der Waals surface area contributed by atoms with E-state index in [0.29, 0.717) is 12.8 Å². The van der Waals surface area contributed by atoms with E-state index in [1.165, 1.54) is 0 Å². The Morgan fingerprint density at radius 3 is 2.70 bits per heavy atom. The molecule has 1 aliphatic rings. The van der Waals surface area contributed by atoms with Crippen LogP contribution in [0.25, 0.3) is 0 Å². The van der Waals surface area contributed by atoms with Gasteiger partial charge in [-0.1, -0.05) is 0 Å². The molecule has 0 aromatic carbocycles. The second-order valence-corrected chi connectivity index (χ2v) is 2.65. The number of piperidine rings is 1. The number of aliphatic carboxylic acids is 1. The summed E-state index contributed by atoms with van der Waals surface area (Å²) in [7, 11) is 0. The number of hydrogen-bond acceptors (Lipinski definition) is 2. The fourth-order valence-corrected chi connectivity index (χ4v) is 1.20. The zero-order valence-electron chi connectivity index (χ0n) is 5.66. The average Bonchev–Trinajstić information content (AvgIpc) is 1.88. The summed E-state index contributed by atoms with van der Waals surface area (Å²) in [6.45, 7) is 0.720. The number of nitrogens with two attached hydrogens (primary N) is 1. The van der Waals surface area contributed by atoms with Crippen LogP contribution in [-0.4, -0.2) is 34.9 Å². The minimum Gasteiger partial charge on any atom is -0.477 e. The molecule has 4 nitrogen and oxygen atoms in total. The summed E-state index contributed by atoms with van der Waals surface area (Å²) in [6, 6.07) is -0.427. The number of hydrogen-bond donors (Lipinski definition) is 3. The number of carbonyl (C=O) groups is 1. The molecular weight excluding hydrogens is 134 g/mol. The fourth-order valence-electron chi connectivity index (χ4n) is 1.20. The molecule has 0 amide bonds. The summed E-state index contributed by atoms with van der Waals surface area (Å²) < 4.78 is 0. The summed E-state index contributed by atoms with van der Waals surface area (Å²) in [5, 5.41) is 19.3. The average molecular weight is 146 g/mol. The summed E-state index contributed by atoms with van der Waals surface area (Å²) in [5.74, 6) is -0.821. The lowest BCUT2D eigenvalue weighted by molar-refractivity contribution is -0.688. The highest BCUT2D eigenvalue weighted by Crippen LogP contribution is 2.02. The van der Waals surface area contributed by atoms with E-state index in [1.807, 2.05) is 0 Å². The molecular formula is C6H12NO3+. The minimum absolute atomic E-state index is 0.384. The van der Waals surface area contributed by atoms with Crippen molar-refractivity contribution >= 4 is 5.97 Å². The van der Waals surface area contributed by atoms with Crippen LogP contribution in [0.1, 0.15) is 12.8 Å². The molecule has 0 aliphatic carbocycles. The van der Waals surface area contributed by atoms with Gasteiger partial charge >= 0.3 is 5.97 Å². The fraction of sp³-hybridized carbons (Fsp3) is 0.833. The minimum atomic E-state index is -0.821. The zero-order valence-corrected chi connectivity index (χ0v) is 5.66. The van der Waals surface area contributed by atoms with E-state index in [-0.39, 0.29) is 0 Å². The van der Waals surface area contributed by atoms with Crippen molar-refractivity contribution in [2.45, 2.75) is 25.0 Å². The van der Waals surface area contributed by atoms with E-state index >= 15 is 0 Å². The van der Waals surface area contributed by atoms with Crippen LogP contribution < -0.4 is 5.32 Å². The molecule has 0 bridgehead atoms. The van der Waals surface area contributed by atoms with Gasteiger partial charge in [-0.25, -0.2) is 4.79 Å². The molecule has 1 rings (SSSR count). The lowest BCUT2D eigenvalue weighted by Gasteiger charge is -2.20. The maximum atomic E-state index is 10.4. The standard InChI is InChI=1S/C6H11NO3/c8-4-1-2-7-5(3-4)6(9)10/h4-5,7-8H,1-3H2,(H,9,10)/p+1/t4-,5-/m0/s1. The molecule has 1 aliphatic heterocycles. The Kier molecular flexibility index (Phi) is 2.24. The Morgan fingerprint density at radius 2 is 2.30 bits per heavy atom. The summed E-state index contributed by atoms with van der Waals surface area (Å²) in [5.41, 5.74) is 0. The number of carboxylic acids is 1. The van der Waals surface area contributed by atoms with Crippen molar-refractivity contribution in [3.05, 3.63) is 0 Å². The van der Waals surface area contributed by atoms with Crippen LogP contribution in [0.2, 0.25) is 0 Å². The Balaban J connectivity index is 2.39. The van der Waals surface area contributed by atoms with Crippen LogP contribution >= 0.6 is 0 Å². The van der Waals surface area contributed by atoms with Crippen LogP contribution in [0, 0.1) is 0 Å². The molecule has 0 aromatic heterocycles. The third-order valence-corrected chi connectivity index (χ3v) is 1.79. The van der Waals surface area contributed by atoms with Gasteiger partial charge in [0.25, 0.3) is 0 Å². The predicted octanol–water partition coefficient (Wildman–Crippen LogP) is -1.84. The first-order valence-electron chi connectivity index (χ1n) is 3.44. The second kappa shape index (κ2) is 2.98. The molecule has 0 saturated carbocycles. The van der Waals surface area contributed by atoms with Gasteiger partial charge in [-0.2, -0.15) is 0 Å². The van der Waals surface area contributed by atoms with E-state index in [9.17, 15) is 4.79 Å². The lowest BCUT2D eigenvalue weighted by atomic mass is 10.0. The Labute approximate surface area is 58.9 Å². The number of carboxylic acid groups (broad SMARTS) is 1. The molecule has 10 heavy (non-hydrogen) atoms. The van der Waals surface area contributed by atoms with Crippen molar-refractivity contribution in [2.75, 3.05) is 6.54 Å². The van der Waals surface area contributed by atoms with E-state index in [1.54, 1.807) is 5.32 Å². The molecule has 1 saturated heterocycles. The van der Waals surface area contributed by atoms with E-state index < -0.39 is 18.1 Å². The normalized spacial score (nSPS) is 33.7. The molecule has 1 heterocycles. The Hall–Kier alpha value is -0.610. The Morgan fingerprint density at radius 1 is 1.60 bits per heavy atom. The van der Waals surface area contributed by atoms with Gasteiger partial charge in [-0.05, 0) is 0 Å². The van der Waals surface area contributed by atoms with Gasteiger partial charge in [-0.3, -0.25) is 0 Å². The van der Waals surface area contributed by atoms with Gasteiger partial charge in [0, 0.05) is 12.8 Å². The monoisotopic (exact) mass is 146 g/mol. The number of quaternary nitrogens is 1. The summed E-state index contributed by atoms with van der Waals surface area (Å²) >= 11 is 0. The topological polar surface area (TPSA) is 74.1 Å². The van der Waals surface area contributed by atoms with Gasteiger partial charge in [-0.15, -0.1) is 0 Å².